The molecule has 0 spiro atoms. The van der Waals surface area contributed by atoms with Gasteiger partial charge in [-0.05, 0) is 26.3 Å². The van der Waals surface area contributed by atoms with E-state index in [-0.39, 0.29) is 6.42 Å². The van der Waals surface area contributed by atoms with Gasteiger partial charge in [-0.25, -0.2) is 4.79 Å². The number of aliphatic hydroxyl groups is 1. The first-order valence-corrected chi connectivity index (χ1v) is 10.1. The van der Waals surface area contributed by atoms with Gasteiger partial charge in [0.2, 0.25) is 23.6 Å². The summed E-state index contributed by atoms with van der Waals surface area (Å²) in [5.41, 5.74) is 16.2. The quantitative estimate of drug-likeness (QED) is 0.0960. The van der Waals surface area contributed by atoms with Gasteiger partial charge in [0.1, 0.15) is 18.1 Å². The van der Waals surface area contributed by atoms with Crippen molar-refractivity contribution in [3.63, 3.8) is 0 Å². The molecule has 4 amide bonds. The second-order valence-corrected chi connectivity index (χ2v) is 7.35. The van der Waals surface area contributed by atoms with Crippen LogP contribution in [0.3, 0.4) is 0 Å². The van der Waals surface area contributed by atoms with Gasteiger partial charge >= 0.3 is 11.9 Å². The third-order valence-electron chi connectivity index (χ3n) is 4.40. The minimum atomic E-state index is -1.85. The van der Waals surface area contributed by atoms with Crippen LogP contribution in [0.4, 0.5) is 0 Å². The first kappa shape index (κ1) is 29.7. The Bertz CT molecular complexity index is 730. The molecule has 5 unspecified atom stereocenters. The summed E-state index contributed by atoms with van der Waals surface area (Å²) in [6, 6.07) is -6.12. The number of carbonyl (C=O) groups is 6. The molecule has 188 valence electrons. The molecule has 0 saturated carbocycles. The van der Waals surface area contributed by atoms with Crippen molar-refractivity contribution < 1.29 is 44.1 Å². The van der Waals surface area contributed by atoms with Crippen molar-refractivity contribution in [1.82, 2.24) is 16.0 Å². The fourth-order valence-electron chi connectivity index (χ4n) is 2.62. The van der Waals surface area contributed by atoms with E-state index in [9.17, 15) is 33.9 Å². The van der Waals surface area contributed by atoms with Crippen LogP contribution in [-0.2, 0) is 28.8 Å². The summed E-state index contributed by atoms with van der Waals surface area (Å²) in [5, 5.41) is 34.0. The van der Waals surface area contributed by atoms with Gasteiger partial charge < -0.3 is 48.5 Å². The van der Waals surface area contributed by atoms with Crippen LogP contribution < -0.4 is 33.2 Å². The summed E-state index contributed by atoms with van der Waals surface area (Å²) >= 11 is 0. The molecule has 0 aromatic rings. The minimum Gasteiger partial charge on any atom is -0.481 e. The first-order chi connectivity index (χ1) is 15.3. The second kappa shape index (κ2) is 14.7. The molecule has 0 aliphatic carbocycles. The number of nitrogens with one attached hydrogen (secondary N) is 3. The molecule has 0 fully saturated rings. The highest BCUT2D eigenvalue weighted by Crippen LogP contribution is 2.03. The molecule has 0 bridgehead atoms. The number of aliphatic hydroxyl groups excluding tert-OH is 1. The van der Waals surface area contributed by atoms with E-state index in [1.807, 2.05) is 5.32 Å². The minimum absolute atomic E-state index is 0.268. The average molecular weight is 476 g/mol. The predicted octanol–water partition coefficient (Wildman–Crippen LogP) is -4.29. The third kappa shape index (κ3) is 11.8. The number of nitrogens with two attached hydrogens (primary N) is 3. The van der Waals surface area contributed by atoms with Crippen molar-refractivity contribution in [2.75, 3.05) is 6.54 Å². The maximum Gasteiger partial charge on any atom is 0.326 e. The van der Waals surface area contributed by atoms with Crippen molar-refractivity contribution in [2.45, 2.75) is 69.3 Å². The van der Waals surface area contributed by atoms with Crippen molar-refractivity contribution in [3.05, 3.63) is 0 Å². The zero-order valence-electron chi connectivity index (χ0n) is 18.2. The maximum absolute atomic E-state index is 12.6. The maximum atomic E-state index is 12.6. The van der Waals surface area contributed by atoms with Gasteiger partial charge in [0, 0.05) is 0 Å². The first-order valence-electron chi connectivity index (χ1n) is 10.1. The van der Waals surface area contributed by atoms with Crippen LogP contribution in [0.1, 0.15) is 39.0 Å². The lowest BCUT2D eigenvalue weighted by atomic mass is 10.1. The molecule has 0 aromatic heterocycles. The topological polar surface area (TPSA) is 277 Å². The number of hydrogen-bond donors (Lipinski definition) is 9. The molecule has 0 aromatic carbocycles. The molecule has 0 rings (SSSR count). The lowest BCUT2D eigenvalue weighted by Crippen LogP contribution is -2.60. The zero-order chi connectivity index (χ0) is 25.7. The molecular weight excluding hydrogens is 444 g/mol. The van der Waals surface area contributed by atoms with Gasteiger partial charge in [-0.3, -0.25) is 24.0 Å². The van der Waals surface area contributed by atoms with E-state index in [2.05, 4.69) is 10.6 Å². The van der Waals surface area contributed by atoms with E-state index in [1.165, 1.54) is 6.92 Å². The summed E-state index contributed by atoms with van der Waals surface area (Å²) in [5.74, 6) is -7.26. The number of hydrogen-bond acceptors (Lipinski definition) is 9. The van der Waals surface area contributed by atoms with Gasteiger partial charge in [-0.1, -0.05) is 6.42 Å². The van der Waals surface area contributed by atoms with Crippen LogP contribution in [0.2, 0.25) is 0 Å². The molecule has 0 saturated heterocycles. The standard InChI is InChI=1S/C18H32N6O9/c1-8(25)14(24-15(29)9(20)4-2-3-5-19)17(31)22-10(6-12(21)26)16(30)23-11(18(32)33)7-13(27)28/h8-11,14,25H,2-7,19-20H2,1H3,(H2,21,26)(H,22,31)(H,23,30)(H,24,29)(H,27,28)(H,32,33). The van der Waals surface area contributed by atoms with Crippen molar-refractivity contribution in [3.8, 4) is 0 Å². The average Bonchev–Trinajstić information content (AvgIpc) is 2.69. The number of carboxylic acids is 2. The number of carboxylic acid groups (broad SMARTS) is 2. The molecule has 15 heteroatoms. The smallest absolute Gasteiger partial charge is 0.326 e. The highest BCUT2D eigenvalue weighted by atomic mass is 16.4. The number of carbonyl (C=O) groups excluding carboxylic acids is 4. The molecule has 12 N–H and O–H groups in total. The van der Waals surface area contributed by atoms with E-state index >= 15 is 0 Å². The van der Waals surface area contributed by atoms with Gasteiger partial charge in [-0.2, -0.15) is 0 Å². The molecule has 0 heterocycles. The summed E-state index contributed by atoms with van der Waals surface area (Å²) in [6.45, 7) is 1.59. The summed E-state index contributed by atoms with van der Waals surface area (Å²) in [4.78, 5) is 70.5. The fourth-order valence-corrected chi connectivity index (χ4v) is 2.62. The van der Waals surface area contributed by atoms with Gasteiger partial charge in [0.25, 0.3) is 0 Å². The Hall–Kier alpha value is -3.30. The van der Waals surface area contributed by atoms with E-state index in [4.69, 9.17) is 27.4 Å². The Morgan fingerprint density at radius 1 is 0.848 bits per heavy atom. The normalized spacial score (nSPS) is 15.3. The third-order valence-corrected chi connectivity index (χ3v) is 4.40. The van der Waals surface area contributed by atoms with Crippen LogP contribution in [0, 0.1) is 0 Å². The SMILES string of the molecule is CC(O)C(NC(=O)C(N)CCCCN)C(=O)NC(CC(N)=O)C(=O)NC(CC(=O)O)C(=O)O. The second-order valence-electron chi connectivity index (χ2n) is 7.35. The number of rotatable bonds is 16. The molecule has 5 atom stereocenters. The van der Waals surface area contributed by atoms with Crippen molar-refractivity contribution in [2.24, 2.45) is 17.2 Å². The highest BCUT2D eigenvalue weighted by Gasteiger charge is 2.33. The van der Waals surface area contributed by atoms with Crippen LogP contribution >= 0.6 is 0 Å². The monoisotopic (exact) mass is 476 g/mol. The van der Waals surface area contributed by atoms with Crippen LogP contribution in [0.25, 0.3) is 0 Å². The molecular formula is C18H32N6O9. The number of amides is 4. The lowest BCUT2D eigenvalue weighted by Gasteiger charge is -2.26. The van der Waals surface area contributed by atoms with Crippen LogP contribution in [0.15, 0.2) is 0 Å². The molecule has 33 heavy (non-hydrogen) atoms. The Morgan fingerprint density at radius 2 is 1.42 bits per heavy atom. The Labute approximate surface area is 189 Å². The number of primary amides is 1. The Balaban J connectivity index is 5.38. The van der Waals surface area contributed by atoms with E-state index in [0.717, 1.165) is 0 Å². The van der Waals surface area contributed by atoms with E-state index < -0.39 is 78.7 Å². The Morgan fingerprint density at radius 3 is 1.88 bits per heavy atom. The number of unbranched alkanes of at least 4 members (excludes halogenated alkanes) is 1. The van der Waals surface area contributed by atoms with Crippen LogP contribution in [-0.4, -0.2) is 87.7 Å². The summed E-state index contributed by atoms with van der Waals surface area (Å²) in [7, 11) is 0. The fraction of sp³-hybridized carbons (Fsp3) is 0.667. The van der Waals surface area contributed by atoms with E-state index in [1.54, 1.807) is 0 Å². The van der Waals surface area contributed by atoms with Gasteiger partial charge in [0.15, 0.2) is 0 Å². The highest BCUT2D eigenvalue weighted by molar-refractivity contribution is 5.96. The summed E-state index contributed by atoms with van der Waals surface area (Å²) < 4.78 is 0. The van der Waals surface area contributed by atoms with E-state index in [0.29, 0.717) is 19.4 Å². The molecule has 0 aliphatic rings. The largest absolute Gasteiger partial charge is 0.481 e. The van der Waals surface area contributed by atoms with Gasteiger partial charge in [-0.15, -0.1) is 0 Å². The molecule has 0 aliphatic heterocycles. The number of aliphatic carboxylic acids is 2. The Kier molecular flexibility index (Phi) is 13.2. The summed E-state index contributed by atoms with van der Waals surface area (Å²) in [6.07, 6.45) is -1.73. The van der Waals surface area contributed by atoms with Crippen LogP contribution in [0.5, 0.6) is 0 Å². The van der Waals surface area contributed by atoms with Crippen molar-refractivity contribution >= 4 is 35.6 Å². The zero-order valence-corrected chi connectivity index (χ0v) is 18.2. The predicted molar refractivity (Wildman–Crippen MR) is 112 cm³/mol. The molecule has 0 radical (unpaired) electrons. The van der Waals surface area contributed by atoms with Crippen molar-refractivity contribution in [1.29, 1.82) is 0 Å². The molecule has 15 nitrogen and oxygen atoms in total. The van der Waals surface area contributed by atoms with Gasteiger partial charge in [0.05, 0.1) is 25.0 Å². The lowest BCUT2D eigenvalue weighted by molar-refractivity contribution is -0.147.